The Morgan fingerprint density at radius 3 is 2.70 bits per heavy atom. The minimum absolute atomic E-state index is 0.221. The van der Waals surface area contributed by atoms with E-state index in [0.717, 1.165) is 12.8 Å². The smallest absolute Gasteiger partial charge is 0.263 e. The number of amides is 2. The van der Waals surface area contributed by atoms with E-state index in [1.165, 1.54) is 18.4 Å². The van der Waals surface area contributed by atoms with Crippen LogP contribution in [-0.4, -0.2) is 31.4 Å². The van der Waals surface area contributed by atoms with Gasteiger partial charge in [0.25, 0.3) is 11.8 Å². The molecular formula is C13H18N4O2S. The molecule has 1 heterocycles. The van der Waals surface area contributed by atoms with Gasteiger partial charge in [-0.15, -0.1) is 17.9 Å². The summed E-state index contributed by atoms with van der Waals surface area (Å²) >= 11 is 1.21. The second-order valence-electron chi connectivity index (χ2n) is 4.55. The van der Waals surface area contributed by atoms with Crippen LogP contribution in [-0.2, 0) is 0 Å². The topological polar surface area (TPSA) is 96.2 Å². The maximum atomic E-state index is 12.0. The predicted molar refractivity (Wildman–Crippen MR) is 81.3 cm³/mol. The molecule has 0 atom stereocenters. The Balaban J connectivity index is 2.32. The second-order valence-corrected chi connectivity index (χ2v) is 5.57. The fraction of sp³-hybridized carbons (Fsp3) is 0.385. The Kier molecular flexibility index (Phi) is 4.29. The number of nitrogen functional groups attached to an aromatic ring is 1. The maximum Gasteiger partial charge on any atom is 0.263 e. The van der Waals surface area contributed by atoms with Gasteiger partial charge in [-0.3, -0.25) is 9.59 Å². The first-order chi connectivity index (χ1) is 9.58. The first-order valence-corrected chi connectivity index (χ1v) is 7.20. The van der Waals surface area contributed by atoms with Gasteiger partial charge in [-0.1, -0.05) is 6.08 Å². The Labute approximate surface area is 121 Å². The molecule has 7 heteroatoms. The van der Waals surface area contributed by atoms with Crippen LogP contribution in [0.5, 0.6) is 0 Å². The van der Waals surface area contributed by atoms with Crippen LogP contribution in [0.3, 0.4) is 0 Å². The zero-order valence-corrected chi connectivity index (χ0v) is 12.1. The standard InChI is InChI=1S/C13H18N4O2S/c1-3-6-16-12(19)10-9(14)8(11(18)15-2)13(20-10)17-7-4-5-7/h3,7,17H,1,4-6,14H2,2H3,(H,15,18)(H,16,19). The van der Waals surface area contributed by atoms with Gasteiger partial charge >= 0.3 is 0 Å². The van der Waals surface area contributed by atoms with Gasteiger partial charge in [0, 0.05) is 19.6 Å². The minimum atomic E-state index is -0.290. The number of nitrogens with two attached hydrogens (primary N) is 1. The number of carbonyl (C=O) groups is 2. The molecular weight excluding hydrogens is 276 g/mol. The molecule has 1 saturated carbocycles. The van der Waals surface area contributed by atoms with E-state index in [9.17, 15) is 9.59 Å². The first-order valence-electron chi connectivity index (χ1n) is 6.38. The fourth-order valence-corrected chi connectivity index (χ4v) is 2.83. The molecule has 1 fully saturated rings. The normalized spacial score (nSPS) is 13.7. The molecule has 2 amide bonds. The maximum absolute atomic E-state index is 12.0. The van der Waals surface area contributed by atoms with Crippen LogP contribution >= 0.6 is 11.3 Å². The van der Waals surface area contributed by atoms with Crippen molar-refractivity contribution in [2.45, 2.75) is 18.9 Å². The highest BCUT2D eigenvalue weighted by Crippen LogP contribution is 2.38. The summed E-state index contributed by atoms with van der Waals surface area (Å²) in [6.45, 7) is 3.90. The summed E-state index contributed by atoms with van der Waals surface area (Å²) < 4.78 is 0. The van der Waals surface area contributed by atoms with Crippen LogP contribution in [0.2, 0.25) is 0 Å². The minimum Gasteiger partial charge on any atom is -0.397 e. The molecule has 1 aliphatic carbocycles. The van der Waals surface area contributed by atoms with Gasteiger partial charge in [0.05, 0.1) is 11.3 Å². The van der Waals surface area contributed by atoms with Crippen LogP contribution in [0.4, 0.5) is 10.7 Å². The van der Waals surface area contributed by atoms with Gasteiger partial charge in [-0.05, 0) is 12.8 Å². The first kappa shape index (κ1) is 14.4. The molecule has 1 aromatic rings. The van der Waals surface area contributed by atoms with Crippen molar-refractivity contribution in [1.29, 1.82) is 0 Å². The fourth-order valence-electron chi connectivity index (χ4n) is 1.72. The summed E-state index contributed by atoms with van der Waals surface area (Å²) in [6, 6.07) is 0.376. The number of rotatable bonds is 6. The number of hydrogen-bond acceptors (Lipinski definition) is 5. The van der Waals surface area contributed by atoms with Crippen molar-refractivity contribution in [1.82, 2.24) is 10.6 Å². The van der Waals surface area contributed by atoms with E-state index in [1.54, 1.807) is 6.08 Å². The third-order valence-electron chi connectivity index (χ3n) is 2.93. The van der Waals surface area contributed by atoms with Crippen molar-refractivity contribution in [3.63, 3.8) is 0 Å². The zero-order valence-electron chi connectivity index (χ0n) is 11.3. The Morgan fingerprint density at radius 1 is 1.45 bits per heavy atom. The Bertz CT molecular complexity index is 549. The van der Waals surface area contributed by atoms with Crippen molar-refractivity contribution in [2.75, 3.05) is 24.6 Å². The van der Waals surface area contributed by atoms with Crippen molar-refractivity contribution in [3.8, 4) is 0 Å². The molecule has 0 aliphatic heterocycles. The average Bonchev–Trinajstić information content (AvgIpc) is 3.19. The van der Waals surface area contributed by atoms with Crippen molar-refractivity contribution in [2.24, 2.45) is 0 Å². The molecule has 0 bridgehead atoms. The van der Waals surface area contributed by atoms with Gasteiger partial charge in [-0.25, -0.2) is 0 Å². The lowest BCUT2D eigenvalue weighted by atomic mass is 10.2. The third-order valence-corrected chi connectivity index (χ3v) is 4.06. The highest BCUT2D eigenvalue weighted by Gasteiger charge is 2.29. The summed E-state index contributed by atoms with van der Waals surface area (Å²) in [4.78, 5) is 24.3. The molecule has 108 valence electrons. The molecule has 1 aliphatic rings. The number of thiophene rings is 1. The molecule has 1 aromatic heterocycles. The molecule has 6 nitrogen and oxygen atoms in total. The average molecular weight is 294 g/mol. The monoisotopic (exact) mass is 294 g/mol. The van der Waals surface area contributed by atoms with E-state index >= 15 is 0 Å². The second kappa shape index (κ2) is 5.96. The van der Waals surface area contributed by atoms with Gasteiger partial charge in [0.1, 0.15) is 9.88 Å². The Hall–Kier alpha value is -2.02. The van der Waals surface area contributed by atoms with Crippen LogP contribution in [0.1, 0.15) is 32.9 Å². The summed E-state index contributed by atoms with van der Waals surface area (Å²) in [5.41, 5.74) is 6.55. The van der Waals surface area contributed by atoms with Gasteiger partial charge < -0.3 is 21.7 Å². The zero-order chi connectivity index (χ0) is 14.7. The van der Waals surface area contributed by atoms with Gasteiger partial charge in [0.15, 0.2) is 0 Å². The van der Waals surface area contributed by atoms with Gasteiger partial charge in [0.2, 0.25) is 0 Å². The molecule has 0 aromatic carbocycles. The molecule has 0 radical (unpaired) electrons. The van der Waals surface area contributed by atoms with E-state index in [2.05, 4.69) is 22.5 Å². The number of hydrogen-bond donors (Lipinski definition) is 4. The SMILES string of the molecule is C=CCNC(=O)c1sc(NC2CC2)c(C(=O)NC)c1N. The lowest BCUT2D eigenvalue weighted by Crippen LogP contribution is -2.24. The van der Waals surface area contributed by atoms with E-state index in [1.807, 2.05) is 0 Å². The molecule has 20 heavy (non-hydrogen) atoms. The van der Waals surface area contributed by atoms with Crippen molar-refractivity contribution in [3.05, 3.63) is 23.1 Å². The highest BCUT2D eigenvalue weighted by molar-refractivity contribution is 7.19. The highest BCUT2D eigenvalue weighted by atomic mass is 32.1. The molecule has 0 saturated heterocycles. The summed E-state index contributed by atoms with van der Waals surface area (Å²) in [6.07, 6.45) is 3.73. The lowest BCUT2D eigenvalue weighted by molar-refractivity contribution is 0.0960. The molecule has 5 N–H and O–H groups in total. The van der Waals surface area contributed by atoms with E-state index < -0.39 is 0 Å². The van der Waals surface area contributed by atoms with E-state index in [-0.39, 0.29) is 17.5 Å². The molecule has 2 rings (SSSR count). The Morgan fingerprint density at radius 2 is 2.15 bits per heavy atom. The van der Waals surface area contributed by atoms with Crippen molar-refractivity contribution >= 4 is 33.8 Å². The largest absolute Gasteiger partial charge is 0.397 e. The van der Waals surface area contributed by atoms with Crippen LogP contribution < -0.4 is 21.7 Å². The lowest BCUT2D eigenvalue weighted by Gasteiger charge is -2.05. The third kappa shape index (κ3) is 2.93. The van der Waals surface area contributed by atoms with E-state index in [4.69, 9.17) is 5.73 Å². The summed E-state index contributed by atoms with van der Waals surface area (Å²) in [5.74, 6) is -0.578. The predicted octanol–water partition coefficient (Wildman–Crippen LogP) is 1.18. The van der Waals surface area contributed by atoms with E-state index in [0.29, 0.717) is 28.0 Å². The molecule has 0 spiro atoms. The van der Waals surface area contributed by atoms with Crippen LogP contribution in [0.15, 0.2) is 12.7 Å². The van der Waals surface area contributed by atoms with Gasteiger partial charge in [-0.2, -0.15) is 0 Å². The number of nitrogens with one attached hydrogen (secondary N) is 3. The van der Waals surface area contributed by atoms with Crippen LogP contribution in [0, 0.1) is 0 Å². The van der Waals surface area contributed by atoms with Crippen LogP contribution in [0.25, 0.3) is 0 Å². The summed E-state index contributed by atoms with van der Waals surface area (Å²) in [7, 11) is 1.54. The van der Waals surface area contributed by atoms with Crippen molar-refractivity contribution < 1.29 is 9.59 Å². The number of anilines is 2. The quantitative estimate of drug-likeness (QED) is 0.592. The summed E-state index contributed by atoms with van der Waals surface area (Å²) in [5, 5.41) is 9.13. The number of carbonyl (C=O) groups excluding carboxylic acids is 2. The molecule has 0 unspecified atom stereocenters.